The first kappa shape index (κ1) is 84.1. The van der Waals surface area contributed by atoms with Crippen LogP contribution in [0.4, 0.5) is 0 Å². The minimum Gasteiger partial charge on any atom is -0.508 e. The average Bonchev–Trinajstić information content (AvgIpc) is 3.89. The largest absolute Gasteiger partial charge is 0.508 e. The van der Waals surface area contributed by atoms with Crippen molar-refractivity contribution in [2.75, 3.05) is 13.2 Å². The van der Waals surface area contributed by atoms with Gasteiger partial charge in [0.05, 0.1) is 6.61 Å². The van der Waals surface area contributed by atoms with E-state index in [1.54, 1.807) is 24.3 Å². The third-order valence-electron chi connectivity index (χ3n) is 6.83. The molecule has 2 aromatic carbocycles. The van der Waals surface area contributed by atoms with Crippen LogP contribution in [-0.4, -0.2) is 23.4 Å². The van der Waals surface area contributed by atoms with Gasteiger partial charge in [-0.25, -0.2) is 0 Å². The second kappa shape index (κ2) is 67.3. The number of phenolic OH excluding ortho intramolecular Hbond substituents is 1. The summed E-state index contributed by atoms with van der Waals surface area (Å²) in [6.07, 6.45) is 20.9. The van der Waals surface area contributed by atoms with Crippen molar-refractivity contribution < 1.29 is 57.1 Å². The first-order valence-corrected chi connectivity index (χ1v) is 26.3. The predicted molar refractivity (Wildman–Crippen MR) is 281 cm³/mol. The smallest absolute Gasteiger partial charge is 0.119 e. The van der Waals surface area contributed by atoms with Gasteiger partial charge in [-0.05, 0) is 73.9 Å². The summed E-state index contributed by atoms with van der Waals surface area (Å²) in [6.45, 7) is 33.0. The molecule has 4 aliphatic rings. The molecule has 6 rings (SSSR count). The predicted octanol–water partition coefficient (Wildman–Crippen LogP) is 18.3. The number of aromatic hydroxyl groups is 1. The molecule has 0 saturated heterocycles. The van der Waals surface area contributed by atoms with Gasteiger partial charge < -0.3 is 29.8 Å². The summed E-state index contributed by atoms with van der Waals surface area (Å²) in [6, 6.07) is 18.8. The Morgan fingerprint density at radius 2 is 0.857 bits per heavy atom. The molecule has 0 aliphatic heterocycles. The molecule has 0 bridgehead atoms. The molecule has 3 nitrogen and oxygen atoms in total. The summed E-state index contributed by atoms with van der Waals surface area (Å²) in [7, 11) is 0. The van der Waals surface area contributed by atoms with Gasteiger partial charge >= 0.3 is 0 Å². The summed E-state index contributed by atoms with van der Waals surface area (Å²) in [5, 5.41) is 17.5. The maximum atomic E-state index is 8.83. The molecule has 0 fully saturated rings. The Morgan fingerprint density at radius 3 is 1.09 bits per heavy atom. The van der Waals surface area contributed by atoms with Crippen LogP contribution < -0.4 is 4.74 Å². The van der Waals surface area contributed by atoms with E-state index in [2.05, 4.69) is 73.7 Å². The Morgan fingerprint density at radius 1 is 0.554 bits per heavy atom. The summed E-state index contributed by atoms with van der Waals surface area (Å²) < 4.78 is 5.76. The van der Waals surface area contributed by atoms with Gasteiger partial charge in [0.15, 0.2) is 0 Å². The number of para-hydroxylation sites is 2. The van der Waals surface area contributed by atoms with E-state index in [1.807, 2.05) is 147 Å². The van der Waals surface area contributed by atoms with Crippen molar-refractivity contribution in [2.24, 2.45) is 10.8 Å². The number of ether oxygens (including phenoxy) is 1. The zero-order valence-corrected chi connectivity index (χ0v) is 51.7. The number of rotatable bonds is 4. The van der Waals surface area contributed by atoms with E-state index >= 15 is 0 Å². The van der Waals surface area contributed by atoms with E-state index in [0.717, 1.165) is 18.8 Å². The fraction of sp³-hybridized carbons (Fsp3) is 0.542. The van der Waals surface area contributed by atoms with Crippen molar-refractivity contribution in [3.63, 3.8) is 0 Å². The minimum absolute atomic E-state index is 0. The molecule has 56 heavy (non-hydrogen) atoms. The molecule has 8 heteroatoms. The number of hydrogen-bond donors (Lipinski definition) is 2. The normalized spacial score (nSPS) is 16.1. The second-order valence-corrected chi connectivity index (χ2v) is 9.38. The van der Waals surface area contributed by atoms with E-state index in [-0.39, 0.29) is 87.6 Å². The molecule has 4 aliphatic carbocycles. The molecule has 2 spiro atoms. The molecule has 0 aromatic heterocycles. The van der Waals surface area contributed by atoms with E-state index < -0.39 is 0 Å². The fourth-order valence-corrected chi connectivity index (χ4v) is 4.67. The molecule has 0 amide bonds. The third kappa shape index (κ3) is 41.3. The van der Waals surface area contributed by atoms with Gasteiger partial charge in [0.1, 0.15) is 18.1 Å². The Bertz CT molecular complexity index is 1050. The Labute approximate surface area is 421 Å². The Balaban J connectivity index is -0.0000000499. The molecular formula is C48H89I3O3W2-2. The van der Waals surface area contributed by atoms with Gasteiger partial charge in [0.25, 0.3) is 0 Å². The monoisotopic (exact) mass is 1460 g/mol. The van der Waals surface area contributed by atoms with Gasteiger partial charge in [-0.15, -0.1) is 24.0 Å². The zero-order chi connectivity index (χ0) is 41.0. The standard InChI is InChI=1S/C15H16O.C9H12O.C6H6O.8C2H6.2CH3.I2.HI.2W/c1-2-5-14(6-3-1)16-12-13-7-10-15(11-13)8-4-9-15;10-7-8-2-5-9(6-8)3-1-4-9;7-6-4-2-1-3-5-6;8*1-2;;;1-2;;;/h1-6,8,11H,7,9-10,12H2;1,3,6,10H,2,4-5,7H2;1-5,7H;8*1-2H3;2*1H3;;1H;;/q;;;;;;;;;;;2*-1;;;;. The van der Waals surface area contributed by atoms with E-state index in [1.165, 1.54) is 43.3 Å². The minimum atomic E-state index is 0. The molecule has 2 atom stereocenters. The topological polar surface area (TPSA) is 49.7 Å². The molecule has 2 unspecified atom stereocenters. The van der Waals surface area contributed by atoms with Gasteiger partial charge in [-0.3, -0.25) is 0 Å². The van der Waals surface area contributed by atoms with Crippen molar-refractivity contribution >= 4 is 61.2 Å². The van der Waals surface area contributed by atoms with Gasteiger partial charge in [-0.2, -0.15) is 0 Å². The zero-order valence-electron chi connectivity index (χ0n) is 39.2. The number of halogens is 3. The first-order valence-electron chi connectivity index (χ1n) is 20.0. The van der Waals surface area contributed by atoms with Crippen LogP contribution in [0, 0.1) is 25.7 Å². The van der Waals surface area contributed by atoms with Crippen LogP contribution in [-0.2, 0) is 42.1 Å². The number of benzene rings is 2. The quantitative estimate of drug-likeness (QED) is 0.182. The number of aliphatic hydroxyl groups excluding tert-OH is 1. The molecule has 0 radical (unpaired) electrons. The fourth-order valence-electron chi connectivity index (χ4n) is 4.67. The number of allylic oxidation sites excluding steroid dienone is 6. The van der Waals surface area contributed by atoms with Gasteiger partial charge in [0.2, 0.25) is 0 Å². The van der Waals surface area contributed by atoms with Crippen LogP contribution in [0.2, 0.25) is 0 Å². The van der Waals surface area contributed by atoms with Crippen LogP contribution in [0.1, 0.15) is 149 Å². The van der Waals surface area contributed by atoms with E-state index in [0.29, 0.717) is 16.6 Å². The summed E-state index contributed by atoms with van der Waals surface area (Å²) in [5.41, 5.74) is 3.48. The van der Waals surface area contributed by atoms with Crippen LogP contribution in [0.3, 0.4) is 0 Å². The maximum absolute atomic E-state index is 8.83. The molecule has 334 valence electrons. The molecule has 2 aromatic rings. The van der Waals surface area contributed by atoms with E-state index in [9.17, 15) is 0 Å². The third-order valence-corrected chi connectivity index (χ3v) is 6.83. The van der Waals surface area contributed by atoms with Crippen LogP contribution in [0.15, 0.2) is 108 Å². The summed E-state index contributed by atoms with van der Waals surface area (Å²) in [4.78, 5) is 0. The van der Waals surface area contributed by atoms with Crippen molar-refractivity contribution in [1.82, 2.24) is 0 Å². The Hall–Kier alpha value is 0.527. The summed E-state index contributed by atoms with van der Waals surface area (Å²) >= 11 is 4.24. The van der Waals surface area contributed by atoms with Crippen LogP contribution in [0.5, 0.6) is 11.5 Å². The van der Waals surface area contributed by atoms with Crippen molar-refractivity contribution in [3.05, 3.63) is 123 Å². The maximum Gasteiger partial charge on any atom is 0.119 e. The van der Waals surface area contributed by atoms with E-state index in [4.69, 9.17) is 14.9 Å². The first-order chi connectivity index (χ1) is 25.1. The average molecular weight is 1460 g/mol. The SMILES string of the molecule is C1=CC2(C=C(COc3ccccc3)CC2)C1.CC.CC.CC.CC.CC.CC.CC.CC.I.II.OCC1=CC2(C=CC2)CC1.Oc1ccccc1.[CH3-].[CH3-].[W].[W]. The van der Waals surface area contributed by atoms with Crippen molar-refractivity contribution in [1.29, 1.82) is 0 Å². The van der Waals surface area contributed by atoms with Gasteiger partial charge in [0, 0.05) is 90.2 Å². The molecule has 0 heterocycles. The second-order valence-electron chi connectivity index (χ2n) is 9.38. The van der Waals surface area contributed by atoms with Crippen molar-refractivity contribution in [2.45, 2.75) is 149 Å². The van der Waals surface area contributed by atoms with Gasteiger partial charge in [-0.1, -0.05) is 184 Å². The molecule has 0 saturated carbocycles. The Kier molecular flexibility index (Phi) is 101. The molecule has 2 N–H and O–H groups in total. The summed E-state index contributed by atoms with van der Waals surface area (Å²) in [5.74, 6) is 1.29. The number of hydrogen-bond acceptors (Lipinski definition) is 3. The van der Waals surface area contributed by atoms with Crippen LogP contribution in [0.25, 0.3) is 0 Å². The number of aliphatic hydroxyl groups is 1. The van der Waals surface area contributed by atoms with Crippen LogP contribution >= 0.6 is 61.2 Å². The van der Waals surface area contributed by atoms with Crippen molar-refractivity contribution in [3.8, 4) is 11.5 Å². The number of phenols is 1. The molecular weight excluding hydrogens is 1370 g/mol.